The quantitative estimate of drug-likeness (QED) is 0.844. The molecule has 1 heterocycles. The van der Waals surface area contributed by atoms with Crippen molar-refractivity contribution in [3.05, 3.63) is 33.2 Å². The summed E-state index contributed by atoms with van der Waals surface area (Å²) < 4.78 is 1.33. The van der Waals surface area contributed by atoms with Crippen molar-refractivity contribution in [2.24, 2.45) is 0 Å². The molecule has 0 fully saturated rings. The zero-order chi connectivity index (χ0) is 15.4. The van der Waals surface area contributed by atoms with Gasteiger partial charge in [-0.3, -0.25) is 9.59 Å². The number of amides is 1. The summed E-state index contributed by atoms with van der Waals surface area (Å²) in [4.78, 5) is 34.8. The lowest BCUT2D eigenvalue weighted by Crippen LogP contribution is -2.34. The lowest BCUT2D eigenvalue weighted by molar-refractivity contribution is -0.121. The van der Waals surface area contributed by atoms with Crippen LogP contribution in [-0.4, -0.2) is 27.6 Å². The molecular formula is C14H20N2O4. The Labute approximate surface area is 117 Å². The van der Waals surface area contributed by atoms with Gasteiger partial charge in [-0.15, -0.1) is 0 Å². The van der Waals surface area contributed by atoms with Crippen LogP contribution in [0, 0.1) is 13.8 Å². The SMILES string of the molecule is Cc1cc(C)n(CCC(=O)NC(C)C)c(=O)c1C(=O)O. The van der Waals surface area contributed by atoms with Gasteiger partial charge in [-0.25, -0.2) is 4.79 Å². The number of aromatic carboxylic acids is 1. The monoisotopic (exact) mass is 280 g/mol. The third-order valence-electron chi connectivity index (χ3n) is 2.93. The van der Waals surface area contributed by atoms with Crippen molar-refractivity contribution in [3.63, 3.8) is 0 Å². The van der Waals surface area contributed by atoms with Gasteiger partial charge in [0.2, 0.25) is 5.91 Å². The van der Waals surface area contributed by atoms with Crippen molar-refractivity contribution in [3.8, 4) is 0 Å². The van der Waals surface area contributed by atoms with Crippen LogP contribution < -0.4 is 10.9 Å². The summed E-state index contributed by atoms with van der Waals surface area (Å²) in [5.41, 5.74) is 0.282. The van der Waals surface area contributed by atoms with Gasteiger partial charge < -0.3 is 15.0 Å². The standard InChI is InChI=1S/C14H20N2O4/c1-8(2)15-11(17)5-6-16-10(4)7-9(3)12(13(16)18)14(19)20/h7-8H,5-6H2,1-4H3,(H,15,17)(H,19,20). The molecule has 0 saturated heterocycles. The third-order valence-corrected chi connectivity index (χ3v) is 2.93. The van der Waals surface area contributed by atoms with Crippen LogP contribution in [0.5, 0.6) is 0 Å². The Kier molecular flexibility index (Phi) is 5.07. The highest BCUT2D eigenvalue weighted by Crippen LogP contribution is 2.07. The largest absolute Gasteiger partial charge is 0.477 e. The normalized spacial score (nSPS) is 10.7. The number of hydrogen-bond acceptors (Lipinski definition) is 3. The van der Waals surface area contributed by atoms with Crippen LogP contribution in [0.4, 0.5) is 0 Å². The highest BCUT2D eigenvalue weighted by molar-refractivity contribution is 5.88. The molecule has 0 aliphatic heterocycles. The van der Waals surface area contributed by atoms with Crippen LogP contribution >= 0.6 is 0 Å². The number of nitrogens with zero attached hydrogens (tertiary/aromatic N) is 1. The molecule has 1 aromatic heterocycles. The number of aromatic nitrogens is 1. The molecule has 0 saturated carbocycles. The fraction of sp³-hybridized carbons (Fsp3) is 0.500. The maximum Gasteiger partial charge on any atom is 0.341 e. The number of rotatable bonds is 5. The average Bonchev–Trinajstić information content (AvgIpc) is 2.25. The number of carboxylic acids is 1. The fourth-order valence-corrected chi connectivity index (χ4v) is 2.07. The average molecular weight is 280 g/mol. The first-order chi connectivity index (χ1) is 9.23. The van der Waals surface area contributed by atoms with E-state index in [1.165, 1.54) is 4.57 Å². The second-order valence-electron chi connectivity index (χ2n) is 5.08. The molecule has 0 spiro atoms. The van der Waals surface area contributed by atoms with E-state index in [2.05, 4.69) is 5.32 Å². The summed E-state index contributed by atoms with van der Waals surface area (Å²) in [7, 11) is 0. The topological polar surface area (TPSA) is 88.4 Å². The predicted octanol–water partition coefficient (Wildman–Crippen LogP) is 1.08. The first kappa shape index (κ1) is 15.9. The van der Waals surface area contributed by atoms with Crippen LogP contribution in [0.3, 0.4) is 0 Å². The Morgan fingerprint density at radius 1 is 1.35 bits per heavy atom. The highest BCUT2D eigenvalue weighted by Gasteiger charge is 2.17. The first-order valence-electron chi connectivity index (χ1n) is 6.47. The number of carbonyl (C=O) groups is 2. The van der Waals surface area contributed by atoms with Gasteiger partial charge in [0.15, 0.2) is 0 Å². The fourth-order valence-electron chi connectivity index (χ4n) is 2.07. The number of carboxylic acid groups (broad SMARTS) is 1. The van der Waals surface area contributed by atoms with Crippen molar-refractivity contribution in [2.45, 2.75) is 46.7 Å². The maximum absolute atomic E-state index is 12.1. The van der Waals surface area contributed by atoms with E-state index in [0.29, 0.717) is 11.3 Å². The molecular weight excluding hydrogens is 260 g/mol. The molecule has 1 aromatic rings. The second-order valence-corrected chi connectivity index (χ2v) is 5.08. The minimum Gasteiger partial charge on any atom is -0.477 e. The molecule has 1 rings (SSSR count). The Hall–Kier alpha value is -2.11. The third kappa shape index (κ3) is 3.69. The molecule has 110 valence electrons. The lowest BCUT2D eigenvalue weighted by Gasteiger charge is -2.13. The molecule has 20 heavy (non-hydrogen) atoms. The Bertz CT molecular complexity index is 588. The number of hydrogen-bond donors (Lipinski definition) is 2. The van der Waals surface area contributed by atoms with Crippen molar-refractivity contribution in [2.75, 3.05) is 0 Å². The second kappa shape index (κ2) is 6.36. The van der Waals surface area contributed by atoms with Gasteiger partial charge in [0.1, 0.15) is 5.56 Å². The molecule has 6 heteroatoms. The molecule has 0 aliphatic carbocycles. The summed E-state index contributed by atoms with van der Waals surface area (Å²) in [6, 6.07) is 1.68. The number of nitrogens with one attached hydrogen (secondary N) is 1. The lowest BCUT2D eigenvalue weighted by atomic mass is 10.1. The molecule has 0 aliphatic rings. The zero-order valence-electron chi connectivity index (χ0n) is 12.2. The molecule has 2 N–H and O–H groups in total. The number of aryl methyl sites for hydroxylation is 2. The van der Waals surface area contributed by atoms with Crippen LogP contribution in [-0.2, 0) is 11.3 Å². The van der Waals surface area contributed by atoms with Gasteiger partial charge in [0.05, 0.1) is 0 Å². The minimum atomic E-state index is -1.24. The smallest absolute Gasteiger partial charge is 0.341 e. The Balaban J connectivity index is 3.02. The van der Waals surface area contributed by atoms with E-state index in [0.717, 1.165) is 0 Å². The van der Waals surface area contributed by atoms with Gasteiger partial charge >= 0.3 is 5.97 Å². The van der Waals surface area contributed by atoms with Crippen LogP contribution in [0.15, 0.2) is 10.9 Å². The van der Waals surface area contributed by atoms with E-state index in [4.69, 9.17) is 5.11 Å². The molecule has 0 unspecified atom stereocenters. The molecule has 0 aromatic carbocycles. The van der Waals surface area contributed by atoms with E-state index >= 15 is 0 Å². The van der Waals surface area contributed by atoms with E-state index in [1.807, 2.05) is 13.8 Å². The molecule has 0 bridgehead atoms. The minimum absolute atomic E-state index is 0.0351. The van der Waals surface area contributed by atoms with Crippen molar-refractivity contribution >= 4 is 11.9 Å². The van der Waals surface area contributed by atoms with Crippen molar-refractivity contribution < 1.29 is 14.7 Å². The summed E-state index contributed by atoms with van der Waals surface area (Å²) in [5.74, 6) is -1.41. The van der Waals surface area contributed by atoms with Gasteiger partial charge in [-0.1, -0.05) is 0 Å². The van der Waals surface area contributed by atoms with E-state index < -0.39 is 11.5 Å². The Morgan fingerprint density at radius 3 is 2.45 bits per heavy atom. The van der Waals surface area contributed by atoms with Crippen LogP contribution in [0.1, 0.15) is 41.9 Å². The molecule has 0 atom stereocenters. The van der Waals surface area contributed by atoms with Gasteiger partial charge in [0, 0.05) is 24.7 Å². The number of pyridine rings is 1. The highest BCUT2D eigenvalue weighted by atomic mass is 16.4. The molecule has 1 amide bonds. The summed E-state index contributed by atoms with van der Waals surface area (Å²) in [6.07, 6.45) is 0.140. The van der Waals surface area contributed by atoms with Crippen molar-refractivity contribution in [1.82, 2.24) is 9.88 Å². The van der Waals surface area contributed by atoms with E-state index in [-0.39, 0.29) is 30.5 Å². The molecule has 6 nitrogen and oxygen atoms in total. The summed E-state index contributed by atoms with van der Waals surface area (Å²) in [5, 5.41) is 11.8. The van der Waals surface area contributed by atoms with Gasteiger partial charge in [-0.2, -0.15) is 0 Å². The molecule has 0 radical (unpaired) electrons. The van der Waals surface area contributed by atoms with Crippen LogP contribution in [0.2, 0.25) is 0 Å². The van der Waals surface area contributed by atoms with E-state index in [9.17, 15) is 14.4 Å². The van der Waals surface area contributed by atoms with Crippen molar-refractivity contribution in [1.29, 1.82) is 0 Å². The van der Waals surface area contributed by atoms with Gasteiger partial charge in [0.25, 0.3) is 5.56 Å². The van der Waals surface area contributed by atoms with E-state index in [1.54, 1.807) is 19.9 Å². The maximum atomic E-state index is 12.1. The Morgan fingerprint density at radius 2 is 1.95 bits per heavy atom. The summed E-state index contributed by atoms with van der Waals surface area (Å²) in [6.45, 7) is 7.19. The predicted molar refractivity (Wildman–Crippen MR) is 75.0 cm³/mol. The van der Waals surface area contributed by atoms with Gasteiger partial charge in [-0.05, 0) is 39.3 Å². The van der Waals surface area contributed by atoms with Crippen LogP contribution in [0.25, 0.3) is 0 Å². The summed E-state index contributed by atoms with van der Waals surface area (Å²) >= 11 is 0. The number of carbonyl (C=O) groups excluding carboxylic acids is 1. The first-order valence-corrected chi connectivity index (χ1v) is 6.47. The zero-order valence-corrected chi connectivity index (χ0v) is 12.2.